The summed E-state index contributed by atoms with van der Waals surface area (Å²) >= 11 is 0. The number of hydrogen-bond acceptors (Lipinski definition) is 1. The number of hydrogen-bond donors (Lipinski definition) is 0. The van der Waals surface area contributed by atoms with Crippen molar-refractivity contribution in [2.75, 3.05) is 6.67 Å². The Kier molecular flexibility index (Phi) is 9.42. The van der Waals surface area contributed by atoms with E-state index in [4.69, 9.17) is 0 Å². The van der Waals surface area contributed by atoms with Gasteiger partial charge in [-0.05, 0) is 106 Å². The van der Waals surface area contributed by atoms with Crippen LogP contribution < -0.4 is 4.74 Å². The molecule has 0 heterocycles. The van der Waals surface area contributed by atoms with Crippen LogP contribution in [0, 0.1) is 23.6 Å². The number of unbranched alkanes of at least 4 members (excludes halogenated alkanes) is 1. The van der Waals surface area contributed by atoms with E-state index in [1.165, 1.54) is 44.6 Å². The highest BCUT2D eigenvalue weighted by atomic mass is 19.4. The van der Waals surface area contributed by atoms with Crippen molar-refractivity contribution >= 4 is 0 Å². The van der Waals surface area contributed by atoms with E-state index >= 15 is 0 Å². The number of rotatable bonds is 9. The summed E-state index contributed by atoms with van der Waals surface area (Å²) in [5.74, 6) is 0.658. The second-order valence-corrected chi connectivity index (χ2v) is 9.57. The van der Waals surface area contributed by atoms with Gasteiger partial charge in [0.05, 0.1) is 6.67 Å². The summed E-state index contributed by atoms with van der Waals surface area (Å²) in [4.78, 5) is 0. The lowest BCUT2D eigenvalue weighted by molar-refractivity contribution is -0.275. The molecule has 1 aromatic carbocycles. The molecule has 2 aliphatic rings. The van der Waals surface area contributed by atoms with E-state index in [1.54, 1.807) is 6.07 Å². The summed E-state index contributed by atoms with van der Waals surface area (Å²) in [5.41, 5.74) is 0.772. The number of alkyl halides is 4. The lowest BCUT2D eigenvalue weighted by atomic mass is 9.74. The van der Waals surface area contributed by atoms with Crippen molar-refractivity contribution in [3.05, 3.63) is 41.7 Å². The summed E-state index contributed by atoms with van der Waals surface area (Å²) in [7, 11) is 0. The molecular formula is C26H35F5O. The zero-order valence-corrected chi connectivity index (χ0v) is 18.7. The molecule has 2 aliphatic carbocycles. The molecule has 2 saturated carbocycles. The van der Waals surface area contributed by atoms with Gasteiger partial charge in [-0.2, -0.15) is 0 Å². The first-order valence-corrected chi connectivity index (χ1v) is 12.1. The van der Waals surface area contributed by atoms with Gasteiger partial charge in [0.25, 0.3) is 0 Å². The molecule has 0 unspecified atom stereocenters. The Labute approximate surface area is 188 Å². The van der Waals surface area contributed by atoms with E-state index in [1.807, 2.05) is 0 Å². The van der Waals surface area contributed by atoms with Crippen molar-refractivity contribution in [2.45, 2.75) is 89.3 Å². The Morgan fingerprint density at radius 1 is 0.906 bits per heavy atom. The Hall–Kier alpha value is -1.59. The molecule has 32 heavy (non-hydrogen) atoms. The van der Waals surface area contributed by atoms with Gasteiger partial charge in [0.15, 0.2) is 11.6 Å². The predicted octanol–water partition coefficient (Wildman–Crippen LogP) is 8.89. The number of halogens is 5. The maximum atomic E-state index is 14.0. The highest BCUT2D eigenvalue weighted by Crippen LogP contribution is 2.41. The molecule has 3 rings (SSSR count). The second kappa shape index (κ2) is 12.0. The highest BCUT2D eigenvalue weighted by Gasteiger charge is 2.33. The maximum absolute atomic E-state index is 14.0. The fraction of sp³-hybridized carbons (Fsp3) is 0.692. The quantitative estimate of drug-likeness (QED) is 0.204. The van der Waals surface area contributed by atoms with Crippen LogP contribution in [0.1, 0.15) is 88.5 Å². The number of ether oxygens (including phenoxy) is 1. The maximum Gasteiger partial charge on any atom is 0.573 e. The number of allylic oxidation sites excluding steroid dienone is 2. The normalized spacial score (nSPS) is 27.0. The fourth-order valence-corrected chi connectivity index (χ4v) is 5.39. The molecule has 0 spiro atoms. The number of benzene rings is 1. The average molecular weight is 459 g/mol. The summed E-state index contributed by atoms with van der Waals surface area (Å²) in [6, 6.07) is 3.87. The van der Waals surface area contributed by atoms with Crippen LogP contribution in [0.2, 0.25) is 0 Å². The lowest BCUT2D eigenvalue weighted by Crippen LogP contribution is -2.18. The molecule has 1 nitrogen and oxygen atoms in total. The van der Waals surface area contributed by atoms with Crippen LogP contribution in [-0.2, 0) is 0 Å². The van der Waals surface area contributed by atoms with Crippen molar-refractivity contribution in [3.8, 4) is 5.75 Å². The van der Waals surface area contributed by atoms with E-state index < -0.39 is 17.9 Å². The third kappa shape index (κ3) is 8.08. The van der Waals surface area contributed by atoms with Crippen molar-refractivity contribution in [1.29, 1.82) is 0 Å². The standard InChI is InChI=1S/C26H35F5O/c27-17-3-1-2-4-19-5-7-20(8-6-19)9-10-21-11-13-22(14-12-21)23-15-16-25(24(28)18-23)32-26(29,30)31/h2,4,15-16,18-22H,1,3,5-14,17H2/b4-2+/t19-,20-,21?,22?. The lowest BCUT2D eigenvalue weighted by Gasteiger charge is -2.31. The predicted molar refractivity (Wildman–Crippen MR) is 117 cm³/mol. The molecule has 2 fully saturated rings. The first-order chi connectivity index (χ1) is 15.3. The van der Waals surface area contributed by atoms with Crippen molar-refractivity contribution < 1.29 is 26.7 Å². The zero-order valence-electron chi connectivity index (χ0n) is 18.7. The molecule has 0 bridgehead atoms. The topological polar surface area (TPSA) is 9.23 Å². The van der Waals surface area contributed by atoms with Gasteiger partial charge in [0.1, 0.15) is 0 Å². The van der Waals surface area contributed by atoms with E-state index in [2.05, 4.69) is 16.9 Å². The first-order valence-electron chi connectivity index (χ1n) is 12.1. The third-order valence-electron chi connectivity index (χ3n) is 7.29. The smallest absolute Gasteiger partial charge is 0.403 e. The first kappa shape index (κ1) is 25.0. The molecule has 6 heteroatoms. The molecule has 0 radical (unpaired) electrons. The summed E-state index contributed by atoms with van der Waals surface area (Å²) < 4.78 is 66.9. The monoisotopic (exact) mass is 458 g/mol. The van der Waals surface area contributed by atoms with Gasteiger partial charge in [-0.3, -0.25) is 4.39 Å². The Balaban J connectivity index is 1.36. The minimum absolute atomic E-state index is 0.209. The Morgan fingerprint density at radius 3 is 2.09 bits per heavy atom. The zero-order chi connectivity index (χ0) is 23.0. The largest absolute Gasteiger partial charge is 0.573 e. The molecule has 180 valence electrons. The average Bonchev–Trinajstić information content (AvgIpc) is 2.77. The summed E-state index contributed by atoms with van der Waals surface area (Å²) in [5, 5.41) is 0. The van der Waals surface area contributed by atoms with Gasteiger partial charge < -0.3 is 4.74 Å². The van der Waals surface area contributed by atoms with E-state index in [0.717, 1.165) is 49.7 Å². The fourth-order valence-electron chi connectivity index (χ4n) is 5.39. The molecule has 0 aliphatic heterocycles. The Morgan fingerprint density at radius 2 is 1.53 bits per heavy atom. The molecule has 0 saturated heterocycles. The minimum Gasteiger partial charge on any atom is -0.403 e. The molecular weight excluding hydrogens is 423 g/mol. The Bertz CT molecular complexity index is 713. The van der Waals surface area contributed by atoms with Crippen LogP contribution in [-0.4, -0.2) is 13.0 Å². The van der Waals surface area contributed by atoms with Gasteiger partial charge in [0, 0.05) is 0 Å². The van der Waals surface area contributed by atoms with Gasteiger partial charge in [-0.1, -0.05) is 31.1 Å². The third-order valence-corrected chi connectivity index (χ3v) is 7.29. The summed E-state index contributed by atoms with van der Waals surface area (Å²) in [6.07, 6.45) is 12.7. The van der Waals surface area contributed by atoms with Crippen LogP contribution in [0.5, 0.6) is 5.75 Å². The van der Waals surface area contributed by atoms with Crippen LogP contribution >= 0.6 is 0 Å². The summed E-state index contributed by atoms with van der Waals surface area (Å²) in [6.45, 7) is -0.237. The van der Waals surface area contributed by atoms with Crippen molar-refractivity contribution in [2.24, 2.45) is 17.8 Å². The van der Waals surface area contributed by atoms with E-state index in [0.29, 0.717) is 18.3 Å². The van der Waals surface area contributed by atoms with Crippen molar-refractivity contribution in [3.63, 3.8) is 0 Å². The minimum atomic E-state index is -4.88. The van der Waals surface area contributed by atoms with Crippen LogP contribution in [0.4, 0.5) is 22.0 Å². The molecule has 0 aromatic heterocycles. The van der Waals surface area contributed by atoms with Crippen molar-refractivity contribution in [1.82, 2.24) is 0 Å². The molecule has 0 N–H and O–H groups in total. The highest BCUT2D eigenvalue weighted by molar-refractivity contribution is 5.31. The molecule has 0 atom stereocenters. The van der Waals surface area contributed by atoms with E-state index in [-0.39, 0.29) is 12.6 Å². The van der Waals surface area contributed by atoms with Crippen LogP contribution in [0.3, 0.4) is 0 Å². The SMILES string of the molecule is FCCC/C=C/[C@H]1CC[C@H](CCC2CCC(c3ccc(OC(F)(F)F)c(F)c3)CC2)CC1. The second-order valence-electron chi connectivity index (χ2n) is 9.57. The molecule has 0 amide bonds. The van der Waals surface area contributed by atoms with Gasteiger partial charge in [0.2, 0.25) is 0 Å². The van der Waals surface area contributed by atoms with E-state index in [9.17, 15) is 22.0 Å². The van der Waals surface area contributed by atoms with Crippen LogP contribution in [0.15, 0.2) is 30.4 Å². The van der Waals surface area contributed by atoms with Gasteiger partial charge in [-0.25, -0.2) is 4.39 Å². The molecule has 1 aromatic rings. The van der Waals surface area contributed by atoms with Gasteiger partial charge in [-0.15, -0.1) is 13.2 Å². The van der Waals surface area contributed by atoms with Crippen LogP contribution in [0.25, 0.3) is 0 Å². The van der Waals surface area contributed by atoms with Gasteiger partial charge >= 0.3 is 6.36 Å².